The zero-order valence-corrected chi connectivity index (χ0v) is 31.7. The van der Waals surface area contributed by atoms with Gasteiger partial charge in [0.15, 0.2) is 0 Å². The Morgan fingerprint density at radius 2 is 1.49 bits per heavy atom. The topological polar surface area (TPSA) is 146 Å². The Morgan fingerprint density at radius 1 is 0.855 bits per heavy atom. The Morgan fingerprint density at radius 3 is 2.20 bits per heavy atom. The van der Waals surface area contributed by atoms with Crippen molar-refractivity contribution in [2.45, 2.75) is 83.0 Å². The van der Waals surface area contributed by atoms with Crippen molar-refractivity contribution in [3.63, 3.8) is 0 Å². The van der Waals surface area contributed by atoms with Gasteiger partial charge < -0.3 is 29.7 Å². The van der Waals surface area contributed by atoms with E-state index in [-0.39, 0.29) is 42.1 Å². The second-order valence-electron chi connectivity index (χ2n) is 16.9. The zero-order chi connectivity index (χ0) is 38.1. The molecule has 4 atom stereocenters. The number of hydrogen-bond donors (Lipinski definition) is 3. The standard InChI is InChI=1S/C43H47N7O5/c1-42(2,3)55-41(53)50-32-14-13-31(19-32)37(50)39-45-21-33(48-39)26-7-5-25(6-8-26)27-9-10-29-18-30(12-11-28(29)17-27)34-22-44-38(47-34)35-20-43(15-16-43)24-49(35)36(51)23-46-40(52)54-4/h5-12,17-18,21-22,31-32,35,37H,13-16,19-20,23-24H2,1-4H3,(H,44,47)(H,45,48)(H,46,52)/t31-,32+,35-,37-/m0/s1. The van der Waals surface area contributed by atoms with E-state index in [2.05, 4.69) is 80.7 Å². The van der Waals surface area contributed by atoms with E-state index < -0.39 is 11.7 Å². The molecule has 5 aromatic rings. The molecule has 2 saturated heterocycles. The van der Waals surface area contributed by atoms with Crippen LogP contribution in [0.1, 0.15) is 83.0 Å². The van der Waals surface area contributed by atoms with Crippen molar-refractivity contribution >= 4 is 28.9 Å². The Hall–Kier alpha value is -5.65. The highest BCUT2D eigenvalue weighted by atomic mass is 16.6. The number of H-pyrrole nitrogens is 2. The summed E-state index contributed by atoms with van der Waals surface area (Å²) in [6.07, 6.45) is 9.02. The van der Waals surface area contributed by atoms with Crippen LogP contribution in [0.4, 0.5) is 9.59 Å². The maximum Gasteiger partial charge on any atom is 0.411 e. The van der Waals surface area contributed by atoms with Gasteiger partial charge in [-0.15, -0.1) is 0 Å². The van der Waals surface area contributed by atoms with Crippen molar-refractivity contribution in [3.05, 3.63) is 84.7 Å². The Bertz CT molecular complexity index is 2280. The van der Waals surface area contributed by atoms with Crippen molar-refractivity contribution in [3.8, 4) is 33.6 Å². The number of hydrogen-bond acceptors (Lipinski definition) is 7. The van der Waals surface area contributed by atoms with Gasteiger partial charge in [0.2, 0.25) is 5.91 Å². The highest BCUT2D eigenvalue weighted by Gasteiger charge is 2.54. The summed E-state index contributed by atoms with van der Waals surface area (Å²) in [5, 5.41) is 4.77. The number of alkyl carbamates (subject to hydrolysis) is 1. The predicted octanol–water partition coefficient (Wildman–Crippen LogP) is 8.16. The fourth-order valence-electron chi connectivity index (χ4n) is 9.06. The molecule has 4 heterocycles. The predicted molar refractivity (Wildman–Crippen MR) is 208 cm³/mol. The molecule has 0 radical (unpaired) electrons. The summed E-state index contributed by atoms with van der Waals surface area (Å²) in [5.41, 5.74) is 5.73. The van der Waals surface area contributed by atoms with Gasteiger partial charge in [-0.05, 0) is 110 Å². The first kappa shape index (κ1) is 35.1. The van der Waals surface area contributed by atoms with Crippen molar-refractivity contribution in [1.82, 2.24) is 35.1 Å². The molecule has 1 spiro atoms. The van der Waals surface area contributed by atoms with Gasteiger partial charge in [0.05, 0.1) is 43.0 Å². The molecular weight excluding hydrogens is 695 g/mol. The van der Waals surface area contributed by atoms with Gasteiger partial charge in [-0.2, -0.15) is 0 Å². The van der Waals surface area contributed by atoms with Crippen LogP contribution in [-0.4, -0.2) is 79.7 Å². The van der Waals surface area contributed by atoms with E-state index in [4.69, 9.17) is 14.7 Å². The molecule has 4 fully saturated rings. The number of imidazole rings is 2. The van der Waals surface area contributed by atoms with Gasteiger partial charge in [0.1, 0.15) is 23.8 Å². The van der Waals surface area contributed by atoms with Gasteiger partial charge in [-0.1, -0.05) is 48.5 Å². The van der Waals surface area contributed by atoms with Crippen LogP contribution in [0.3, 0.4) is 0 Å². The van der Waals surface area contributed by atoms with E-state index in [1.165, 1.54) is 7.11 Å². The van der Waals surface area contributed by atoms with Crippen LogP contribution in [0.5, 0.6) is 0 Å². The van der Waals surface area contributed by atoms with Crippen LogP contribution < -0.4 is 5.32 Å². The minimum absolute atomic E-state index is 0.0959. The molecule has 284 valence electrons. The molecule has 55 heavy (non-hydrogen) atoms. The van der Waals surface area contributed by atoms with Crippen molar-refractivity contribution in [2.75, 3.05) is 20.2 Å². The van der Waals surface area contributed by atoms with Gasteiger partial charge in [-0.3, -0.25) is 9.69 Å². The fraction of sp³-hybridized carbons (Fsp3) is 0.419. The van der Waals surface area contributed by atoms with Crippen LogP contribution in [0.15, 0.2) is 73.1 Å². The number of rotatable bonds is 7. The lowest BCUT2D eigenvalue weighted by molar-refractivity contribution is -0.131. The molecule has 12 nitrogen and oxygen atoms in total. The monoisotopic (exact) mass is 741 g/mol. The number of aromatic amines is 2. The van der Waals surface area contributed by atoms with Crippen LogP contribution in [0.25, 0.3) is 44.4 Å². The first-order valence-electron chi connectivity index (χ1n) is 19.3. The number of amides is 3. The van der Waals surface area contributed by atoms with E-state index in [0.717, 1.165) is 94.6 Å². The summed E-state index contributed by atoms with van der Waals surface area (Å²) in [7, 11) is 1.29. The lowest BCUT2D eigenvalue weighted by Gasteiger charge is -2.35. The van der Waals surface area contributed by atoms with Gasteiger partial charge >= 0.3 is 12.2 Å². The van der Waals surface area contributed by atoms with E-state index >= 15 is 0 Å². The molecule has 2 saturated carbocycles. The minimum Gasteiger partial charge on any atom is -0.453 e. The SMILES string of the molecule is COC(=O)NCC(=O)N1CC2(CC2)C[C@H]1c1ncc(-c2ccc3cc(-c4ccc(-c5cnc([C@@H]6[C@H]7CC[C@H](C7)N6C(=O)OC(C)(C)C)[nH]5)cc4)ccc3c2)[nH]1. The lowest BCUT2D eigenvalue weighted by atomic mass is 9.98. The Balaban J connectivity index is 0.890. The third-order valence-electron chi connectivity index (χ3n) is 12.0. The maximum absolute atomic E-state index is 13.2. The number of likely N-dealkylation sites (tertiary alicyclic amines) is 2. The normalized spacial score (nSPS) is 22.4. The molecule has 12 heteroatoms. The van der Waals surface area contributed by atoms with E-state index in [9.17, 15) is 14.4 Å². The molecule has 9 rings (SSSR count). The number of methoxy groups -OCH3 is 1. The summed E-state index contributed by atoms with van der Waals surface area (Å²) in [6.45, 7) is 6.30. The minimum atomic E-state index is -0.618. The number of benzene rings is 3. The molecular formula is C43H47N7O5. The molecule has 3 N–H and O–H groups in total. The van der Waals surface area contributed by atoms with Crippen LogP contribution in [0, 0.1) is 11.3 Å². The molecule has 2 aliphatic carbocycles. The van der Waals surface area contributed by atoms with Gasteiger partial charge in [0, 0.05) is 18.2 Å². The first-order valence-corrected chi connectivity index (χ1v) is 19.3. The number of piperidine rings is 1. The zero-order valence-electron chi connectivity index (χ0n) is 31.7. The number of nitrogens with one attached hydrogen (secondary N) is 3. The maximum atomic E-state index is 13.2. The molecule has 3 aromatic carbocycles. The molecule has 2 aliphatic heterocycles. The summed E-state index contributed by atoms with van der Waals surface area (Å²) in [4.78, 5) is 58.3. The molecule has 4 aliphatic rings. The quantitative estimate of drug-likeness (QED) is 0.153. The molecule has 2 bridgehead atoms. The van der Waals surface area contributed by atoms with E-state index in [1.54, 1.807) is 0 Å². The highest BCUT2D eigenvalue weighted by molar-refractivity contribution is 5.90. The number of carbonyl (C=O) groups excluding carboxylic acids is 3. The number of fused-ring (bicyclic) bond motifs is 3. The smallest absolute Gasteiger partial charge is 0.411 e. The second-order valence-corrected chi connectivity index (χ2v) is 16.9. The summed E-state index contributed by atoms with van der Waals surface area (Å²) in [6, 6.07) is 21.3. The fourth-order valence-corrected chi connectivity index (χ4v) is 9.06. The number of ether oxygens (including phenoxy) is 2. The highest BCUT2D eigenvalue weighted by Crippen LogP contribution is 2.58. The van der Waals surface area contributed by atoms with Gasteiger partial charge in [-0.25, -0.2) is 19.6 Å². The number of aromatic nitrogens is 4. The third-order valence-corrected chi connectivity index (χ3v) is 12.0. The number of carbonyl (C=O) groups is 3. The number of nitrogens with zero attached hydrogens (tertiary/aromatic N) is 4. The first-order chi connectivity index (χ1) is 26.5. The lowest BCUT2D eigenvalue weighted by Crippen LogP contribution is -2.43. The molecule has 3 amide bonds. The van der Waals surface area contributed by atoms with Crippen molar-refractivity contribution < 1.29 is 23.9 Å². The van der Waals surface area contributed by atoms with E-state index in [1.807, 2.05) is 43.0 Å². The van der Waals surface area contributed by atoms with Crippen LogP contribution >= 0.6 is 0 Å². The summed E-state index contributed by atoms with van der Waals surface area (Å²) < 4.78 is 10.4. The van der Waals surface area contributed by atoms with Crippen molar-refractivity contribution in [2.24, 2.45) is 11.3 Å². The third kappa shape index (κ3) is 6.72. The Labute approximate surface area is 320 Å². The second kappa shape index (κ2) is 13.3. The molecule has 2 aromatic heterocycles. The Kier molecular flexibility index (Phi) is 8.47. The molecule has 0 unspecified atom stereocenters. The van der Waals surface area contributed by atoms with Crippen LogP contribution in [0.2, 0.25) is 0 Å². The van der Waals surface area contributed by atoms with Crippen molar-refractivity contribution in [1.29, 1.82) is 0 Å². The van der Waals surface area contributed by atoms with E-state index in [0.29, 0.717) is 12.5 Å². The average molecular weight is 742 g/mol. The largest absolute Gasteiger partial charge is 0.453 e. The summed E-state index contributed by atoms with van der Waals surface area (Å²) >= 11 is 0. The van der Waals surface area contributed by atoms with Crippen LogP contribution in [-0.2, 0) is 14.3 Å². The average Bonchev–Trinajstić information content (AvgIpc) is 3.80. The van der Waals surface area contributed by atoms with Gasteiger partial charge in [0.25, 0.3) is 0 Å². The summed E-state index contributed by atoms with van der Waals surface area (Å²) in [5.74, 6) is 1.84.